The standard InChI is InChI=1S/C12H18N4O/c1-12(2)5-8(12)6-13-11(17)10-14-9(15-16-10)7-3-4-7/h7-8H,3-6H2,1-2H3,(H,13,17)(H,14,15,16). The Hall–Kier alpha value is -1.39. The molecule has 17 heavy (non-hydrogen) atoms. The van der Waals surface area contributed by atoms with Gasteiger partial charge in [-0.2, -0.15) is 0 Å². The third-order valence-electron chi connectivity index (χ3n) is 3.90. The Morgan fingerprint density at radius 2 is 2.24 bits per heavy atom. The van der Waals surface area contributed by atoms with Gasteiger partial charge in [0, 0.05) is 12.5 Å². The largest absolute Gasteiger partial charge is 0.349 e. The maximum atomic E-state index is 11.8. The Kier molecular flexibility index (Phi) is 2.24. The van der Waals surface area contributed by atoms with Gasteiger partial charge in [0.2, 0.25) is 5.82 Å². The van der Waals surface area contributed by atoms with Crippen molar-refractivity contribution in [1.82, 2.24) is 20.5 Å². The average Bonchev–Trinajstić information content (AvgIpc) is 3.16. The molecule has 0 aliphatic heterocycles. The topological polar surface area (TPSA) is 70.7 Å². The van der Waals surface area contributed by atoms with E-state index in [9.17, 15) is 4.79 Å². The van der Waals surface area contributed by atoms with Gasteiger partial charge in [-0.1, -0.05) is 13.8 Å². The lowest BCUT2D eigenvalue weighted by Gasteiger charge is -2.03. The number of aromatic amines is 1. The van der Waals surface area contributed by atoms with Crippen molar-refractivity contribution in [2.45, 2.75) is 39.0 Å². The third kappa shape index (κ3) is 2.18. The number of hydrogen-bond donors (Lipinski definition) is 2. The number of carbonyl (C=O) groups is 1. The molecule has 0 bridgehead atoms. The highest BCUT2D eigenvalue weighted by Gasteiger charge is 2.45. The first-order valence-electron chi connectivity index (χ1n) is 6.27. The minimum atomic E-state index is -0.157. The van der Waals surface area contributed by atoms with Crippen LogP contribution in [0.25, 0.3) is 0 Å². The fourth-order valence-corrected chi connectivity index (χ4v) is 2.13. The van der Waals surface area contributed by atoms with Gasteiger partial charge in [-0.25, -0.2) is 4.98 Å². The first kappa shape index (κ1) is 10.7. The number of H-pyrrole nitrogens is 1. The lowest BCUT2D eigenvalue weighted by molar-refractivity contribution is 0.0940. The van der Waals surface area contributed by atoms with Crippen LogP contribution in [0.2, 0.25) is 0 Å². The summed E-state index contributed by atoms with van der Waals surface area (Å²) in [5.41, 5.74) is 0.394. The van der Waals surface area contributed by atoms with Crippen LogP contribution in [0.1, 0.15) is 55.5 Å². The smallest absolute Gasteiger partial charge is 0.290 e. The maximum absolute atomic E-state index is 11.8. The van der Waals surface area contributed by atoms with Crippen molar-refractivity contribution in [3.8, 4) is 0 Å². The summed E-state index contributed by atoms with van der Waals surface area (Å²) in [6.07, 6.45) is 3.51. The molecule has 2 aliphatic carbocycles. The number of aromatic nitrogens is 3. The second kappa shape index (κ2) is 3.55. The van der Waals surface area contributed by atoms with Crippen molar-refractivity contribution < 1.29 is 4.79 Å². The Morgan fingerprint density at radius 3 is 2.82 bits per heavy atom. The van der Waals surface area contributed by atoms with E-state index in [1.54, 1.807) is 0 Å². The first-order valence-corrected chi connectivity index (χ1v) is 6.27. The molecule has 2 fully saturated rings. The summed E-state index contributed by atoms with van der Waals surface area (Å²) < 4.78 is 0. The summed E-state index contributed by atoms with van der Waals surface area (Å²) in [5, 5.41) is 9.72. The Balaban J connectivity index is 1.54. The van der Waals surface area contributed by atoms with Gasteiger partial charge in [-0.05, 0) is 30.6 Å². The Morgan fingerprint density at radius 1 is 1.53 bits per heavy atom. The molecule has 2 saturated carbocycles. The zero-order chi connectivity index (χ0) is 12.0. The number of carbonyl (C=O) groups excluding carboxylic acids is 1. The first-order chi connectivity index (χ1) is 8.06. The number of rotatable bonds is 4. The predicted octanol–water partition coefficient (Wildman–Crippen LogP) is 1.46. The van der Waals surface area contributed by atoms with Crippen LogP contribution in [0, 0.1) is 11.3 Å². The molecule has 2 N–H and O–H groups in total. The fraction of sp³-hybridized carbons (Fsp3) is 0.750. The van der Waals surface area contributed by atoms with E-state index < -0.39 is 0 Å². The zero-order valence-corrected chi connectivity index (χ0v) is 10.3. The molecule has 1 heterocycles. The number of nitrogens with one attached hydrogen (secondary N) is 2. The van der Waals surface area contributed by atoms with Crippen LogP contribution >= 0.6 is 0 Å². The minimum absolute atomic E-state index is 0.157. The molecule has 0 aromatic carbocycles. The second-order valence-electron chi connectivity index (χ2n) is 5.92. The van der Waals surface area contributed by atoms with E-state index >= 15 is 0 Å². The van der Waals surface area contributed by atoms with Crippen molar-refractivity contribution in [2.24, 2.45) is 11.3 Å². The molecule has 5 nitrogen and oxygen atoms in total. The van der Waals surface area contributed by atoms with Gasteiger partial charge >= 0.3 is 0 Å². The van der Waals surface area contributed by atoms with E-state index in [-0.39, 0.29) is 11.7 Å². The highest BCUT2D eigenvalue weighted by atomic mass is 16.2. The van der Waals surface area contributed by atoms with Gasteiger partial charge in [0.15, 0.2) is 0 Å². The third-order valence-corrected chi connectivity index (χ3v) is 3.90. The highest BCUT2D eigenvalue weighted by Crippen LogP contribution is 2.50. The van der Waals surface area contributed by atoms with Crippen LogP contribution < -0.4 is 5.32 Å². The van der Waals surface area contributed by atoms with Gasteiger partial charge in [0.05, 0.1) is 0 Å². The normalized spacial score (nSPS) is 25.6. The van der Waals surface area contributed by atoms with Crippen LogP contribution in [0.4, 0.5) is 0 Å². The van der Waals surface area contributed by atoms with Crippen molar-refractivity contribution in [3.05, 3.63) is 11.6 Å². The molecule has 1 aromatic rings. The fourth-order valence-electron chi connectivity index (χ4n) is 2.13. The highest BCUT2D eigenvalue weighted by molar-refractivity contribution is 5.90. The van der Waals surface area contributed by atoms with Crippen LogP contribution in [0.5, 0.6) is 0 Å². The monoisotopic (exact) mass is 234 g/mol. The van der Waals surface area contributed by atoms with Crippen LogP contribution in [0.3, 0.4) is 0 Å². The summed E-state index contributed by atoms with van der Waals surface area (Å²) in [6.45, 7) is 5.18. The van der Waals surface area contributed by atoms with Gasteiger partial charge in [0.1, 0.15) is 5.82 Å². The maximum Gasteiger partial charge on any atom is 0.290 e. The molecule has 0 saturated heterocycles. The van der Waals surface area contributed by atoms with Gasteiger partial charge in [-0.15, -0.1) is 5.10 Å². The predicted molar refractivity (Wildman–Crippen MR) is 62.6 cm³/mol. The molecule has 1 atom stereocenters. The molecule has 1 unspecified atom stereocenters. The average molecular weight is 234 g/mol. The van der Waals surface area contributed by atoms with Crippen molar-refractivity contribution in [1.29, 1.82) is 0 Å². The summed E-state index contributed by atoms with van der Waals surface area (Å²) >= 11 is 0. The van der Waals surface area contributed by atoms with E-state index in [1.165, 1.54) is 6.42 Å². The molecule has 1 amide bonds. The van der Waals surface area contributed by atoms with E-state index in [2.05, 4.69) is 34.3 Å². The molecular formula is C12H18N4O. The molecular weight excluding hydrogens is 216 g/mol. The van der Waals surface area contributed by atoms with Gasteiger partial charge in [-0.3, -0.25) is 9.89 Å². The Labute approximate surface area is 100 Å². The second-order valence-corrected chi connectivity index (χ2v) is 5.92. The number of hydrogen-bond acceptors (Lipinski definition) is 3. The number of nitrogens with zero attached hydrogens (tertiary/aromatic N) is 2. The van der Waals surface area contributed by atoms with E-state index in [0.29, 0.717) is 17.3 Å². The summed E-state index contributed by atoms with van der Waals surface area (Å²) in [6, 6.07) is 0. The lowest BCUT2D eigenvalue weighted by atomic mass is 10.1. The minimum Gasteiger partial charge on any atom is -0.349 e. The summed E-state index contributed by atoms with van der Waals surface area (Å²) in [4.78, 5) is 16.0. The Bertz CT molecular complexity index is 447. The molecule has 5 heteroatoms. The van der Waals surface area contributed by atoms with Crippen molar-refractivity contribution >= 4 is 5.91 Å². The zero-order valence-electron chi connectivity index (χ0n) is 10.3. The van der Waals surface area contributed by atoms with Crippen LogP contribution in [-0.2, 0) is 0 Å². The van der Waals surface area contributed by atoms with Crippen molar-refractivity contribution in [3.63, 3.8) is 0 Å². The van der Waals surface area contributed by atoms with E-state index in [1.807, 2.05) is 0 Å². The molecule has 0 radical (unpaired) electrons. The lowest BCUT2D eigenvalue weighted by Crippen LogP contribution is -2.27. The van der Waals surface area contributed by atoms with Crippen LogP contribution in [0.15, 0.2) is 0 Å². The van der Waals surface area contributed by atoms with Gasteiger partial charge in [0.25, 0.3) is 5.91 Å². The van der Waals surface area contributed by atoms with E-state index in [4.69, 9.17) is 0 Å². The molecule has 2 aliphatic rings. The van der Waals surface area contributed by atoms with Crippen molar-refractivity contribution in [2.75, 3.05) is 6.54 Å². The quantitative estimate of drug-likeness (QED) is 0.828. The molecule has 3 rings (SSSR count). The summed E-state index contributed by atoms with van der Waals surface area (Å²) in [7, 11) is 0. The van der Waals surface area contributed by atoms with Crippen LogP contribution in [-0.4, -0.2) is 27.6 Å². The molecule has 92 valence electrons. The van der Waals surface area contributed by atoms with Gasteiger partial charge < -0.3 is 5.32 Å². The molecule has 0 spiro atoms. The SMILES string of the molecule is CC1(C)CC1CNC(=O)c1n[nH]c(C2CC2)n1. The molecule has 1 aromatic heterocycles. The van der Waals surface area contributed by atoms with E-state index in [0.717, 1.165) is 25.2 Å². The number of amides is 1. The summed E-state index contributed by atoms with van der Waals surface area (Å²) in [5.74, 6) is 2.10.